The molecule has 0 bridgehead atoms. The molecule has 5 heteroatoms. The minimum atomic E-state index is 0. The maximum absolute atomic E-state index is 8.55. The summed E-state index contributed by atoms with van der Waals surface area (Å²) in [6.45, 7) is 3.03. The van der Waals surface area contributed by atoms with Gasteiger partial charge in [-0.1, -0.05) is 6.42 Å². The second kappa shape index (κ2) is 9.56. The molecule has 0 aliphatic heterocycles. The normalized spacial score (nSPS) is 10.0. The number of benzene rings is 1. The van der Waals surface area contributed by atoms with Crippen molar-refractivity contribution in [2.24, 2.45) is 7.05 Å². The number of ether oxygens (including phenoxy) is 1. The Balaban J connectivity index is 0.00000264. The summed E-state index contributed by atoms with van der Waals surface area (Å²) >= 11 is 0. The summed E-state index contributed by atoms with van der Waals surface area (Å²) in [6.07, 6.45) is 3.80. The molecule has 23 heavy (non-hydrogen) atoms. The largest absolute Gasteiger partial charge is 1.00 e. The number of halogens is 1. The number of pyridine rings is 1. The molecule has 0 spiro atoms. The Morgan fingerprint density at radius 2 is 2.00 bits per heavy atom. The minimum Gasteiger partial charge on any atom is -1.00 e. The number of nitrogens with one attached hydrogen (secondary N) is 1. The van der Waals surface area contributed by atoms with E-state index in [4.69, 9.17) is 10.00 Å². The molecule has 0 radical (unpaired) electrons. The van der Waals surface area contributed by atoms with Gasteiger partial charge in [0.25, 0.3) is 0 Å². The van der Waals surface area contributed by atoms with E-state index in [1.54, 1.807) is 7.11 Å². The molecule has 0 aliphatic carbocycles. The molecule has 124 valence electrons. The summed E-state index contributed by atoms with van der Waals surface area (Å²) in [7, 11) is 3.77. The highest BCUT2D eigenvalue weighted by molar-refractivity contribution is 5.90. The van der Waals surface area contributed by atoms with Crippen LogP contribution in [0.3, 0.4) is 0 Å². The van der Waals surface area contributed by atoms with Gasteiger partial charge in [0.15, 0.2) is 5.69 Å². The van der Waals surface area contributed by atoms with Crippen molar-refractivity contribution in [1.82, 2.24) is 0 Å². The number of hydrogen-bond donors (Lipinski definition) is 1. The molecule has 1 N–H and O–H groups in total. The van der Waals surface area contributed by atoms with Gasteiger partial charge in [-0.25, -0.2) is 0 Å². The highest BCUT2D eigenvalue weighted by atomic mass is 127. The molecule has 2 aromatic rings. The molecule has 1 aromatic heterocycles. The molecule has 0 aliphatic rings. The fraction of sp³-hybridized carbons (Fsp3) is 0.444. The van der Waals surface area contributed by atoms with Crippen molar-refractivity contribution >= 4 is 16.6 Å². The smallest absolute Gasteiger partial charge is 0.214 e. The monoisotopic (exact) mass is 425 g/mol. The van der Waals surface area contributed by atoms with Crippen LogP contribution < -0.4 is 38.6 Å². The Hall–Kier alpha value is -1.55. The number of fused-ring (bicyclic) bond motifs is 1. The first-order chi connectivity index (χ1) is 10.7. The number of hydrogen-bond acceptors (Lipinski definition) is 3. The second-order valence-corrected chi connectivity index (χ2v) is 5.54. The van der Waals surface area contributed by atoms with E-state index in [-0.39, 0.29) is 24.0 Å². The van der Waals surface area contributed by atoms with E-state index in [1.807, 2.05) is 6.07 Å². The SMILES string of the molecule is COc1ccc2c(c1)c(NCCCCCC#N)cc(C)[n+]2C.[I-]. The average Bonchev–Trinajstić information content (AvgIpc) is 2.54. The minimum absolute atomic E-state index is 0. The Bertz CT molecular complexity index is 695. The highest BCUT2D eigenvalue weighted by Crippen LogP contribution is 2.26. The van der Waals surface area contributed by atoms with Crippen molar-refractivity contribution < 1.29 is 33.3 Å². The van der Waals surface area contributed by atoms with Crippen LogP contribution in [-0.4, -0.2) is 13.7 Å². The predicted molar refractivity (Wildman–Crippen MR) is 89.0 cm³/mol. The summed E-state index contributed by atoms with van der Waals surface area (Å²) < 4.78 is 7.54. The Morgan fingerprint density at radius 1 is 1.22 bits per heavy atom. The van der Waals surface area contributed by atoms with Crippen LogP contribution in [0.1, 0.15) is 31.4 Å². The Morgan fingerprint density at radius 3 is 2.70 bits per heavy atom. The quantitative estimate of drug-likeness (QED) is 0.399. The molecular formula is C18H24IN3O. The van der Waals surface area contributed by atoms with Gasteiger partial charge < -0.3 is 34.0 Å². The highest BCUT2D eigenvalue weighted by Gasteiger charge is 2.14. The summed E-state index contributed by atoms with van der Waals surface area (Å²) in [5.41, 5.74) is 3.54. The molecule has 0 saturated carbocycles. The Kier molecular flexibility index (Phi) is 8.10. The van der Waals surface area contributed by atoms with Gasteiger partial charge >= 0.3 is 0 Å². The van der Waals surface area contributed by atoms with Crippen LogP contribution in [-0.2, 0) is 7.05 Å². The van der Waals surface area contributed by atoms with E-state index in [1.165, 1.54) is 16.6 Å². The number of aromatic nitrogens is 1. The molecule has 2 rings (SSSR count). The van der Waals surface area contributed by atoms with Gasteiger partial charge in [0, 0.05) is 32.0 Å². The first-order valence-corrected chi connectivity index (χ1v) is 7.75. The lowest BCUT2D eigenvalue weighted by molar-refractivity contribution is -0.651. The average molecular weight is 425 g/mol. The van der Waals surface area contributed by atoms with Crippen LogP contribution in [0.4, 0.5) is 5.69 Å². The van der Waals surface area contributed by atoms with E-state index in [2.05, 4.69) is 48.1 Å². The lowest BCUT2D eigenvalue weighted by Gasteiger charge is -2.11. The van der Waals surface area contributed by atoms with Crippen LogP contribution in [0.2, 0.25) is 0 Å². The van der Waals surface area contributed by atoms with Crippen molar-refractivity contribution in [3.8, 4) is 11.8 Å². The fourth-order valence-corrected chi connectivity index (χ4v) is 2.60. The molecule has 0 fully saturated rings. The van der Waals surface area contributed by atoms with E-state index >= 15 is 0 Å². The molecule has 1 aromatic carbocycles. The topological polar surface area (TPSA) is 48.9 Å². The van der Waals surface area contributed by atoms with E-state index in [0.717, 1.165) is 37.2 Å². The number of nitrogens with zero attached hydrogens (tertiary/aromatic N) is 2. The number of rotatable bonds is 7. The lowest BCUT2D eigenvalue weighted by atomic mass is 10.1. The molecule has 1 heterocycles. The number of methoxy groups -OCH3 is 1. The van der Waals surface area contributed by atoms with Crippen LogP contribution in [0.15, 0.2) is 24.3 Å². The third-order valence-corrected chi connectivity index (χ3v) is 4.02. The zero-order valence-electron chi connectivity index (χ0n) is 14.0. The molecule has 0 unspecified atom stereocenters. The summed E-state index contributed by atoms with van der Waals surface area (Å²) in [5.74, 6) is 0.869. The van der Waals surface area contributed by atoms with Gasteiger partial charge in [-0.2, -0.15) is 9.83 Å². The number of aryl methyl sites for hydroxylation is 2. The number of anilines is 1. The van der Waals surface area contributed by atoms with E-state index < -0.39 is 0 Å². The van der Waals surface area contributed by atoms with Gasteiger partial charge in [0.1, 0.15) is 12.8 Å². The standard InChI is InChI=1S/C18H23N3O.HI/c1-14-12-17(20-11-7-5-4-6-10-19)16-13-15(22-3)8-9-18(16)21(14)2;/h8-9,12-13H,4-7,11H2,1-3H3;1H. The number of unbranched alkanes of at least 4 members (excludes halogenated alkanes) is 3. The maximum Gasteiger partial charge on any atom is 0.214 e. The summed E-state index contributed by atoms with van der Waals surface area (Å²) in [5, 5.41) is 13.2. The first-order valence-electron chi connectivity index (χ1n) is 7.75. The third-order valence-electron chi connectivity index (χ3n) is 4.02. The van der Waals surface area contributed by atoms with Gasteiger partial charge in [-0.05, 0) is 25.0 Å². The van der Waals surface area contributed by atoms with Crippen LogP contribution in [0, 0.1) is 18.3 Å². The van der Waals surface area contributed by atoms with Gasteiger partial charge in [-0.15, -0.1) is 0 Å². The maximum atomic E-state index is 8.55. The molecule has 0 amide bonds. The number of nitriles is 1. The van der Waals surface area contributed by atoms with E-state index in [0.29, 0.717) is 6.42 Å². The zero-order chi connectivity index (χ0) is 15.9. The van der Waals surface area contributed by atoms with Gasteiger partial charge in [0.2, 0.25) is 5.52 Å². The van der Waals surface area contributed by atoms with Gasteiger partial charge in [-0.3, -0.25) is 0 Å². The van der Waals surface area contributed by atoms with Crippen LogP contribution in [0.25, 0.3) is 10.9 Å². The predicted octanol–water partition coefficient (Wildman–Crippen LogP) is 0.481. The van der Waals surface area contributed by atoms with Crippen molar-refractivity contribution in [2.45, 2.75) is 32.6 Å². The van der Waals surface area contributed by atoms with Gasteiger partial charge in [0.05, 0.1) is 24.3 Å². The zero-order valence-corrected chi connectivity index (χ0v) is 16.2. The van der Waals surface area contributed by atoms with Crippen molar-refractivity contribution in [1.29, 1.82) is 5.26 Å². The Labute approximate surface area is 155 Å². The van der Waals surface area contributed by atoms with Crippen LogP contribution in [0.5, 0.6) is 5.75 Å². The second-order valence-electron chi connectivity index (χ2n) is 5.54. The molecular weight excluding hydrogens is 401 g/mol. The molecule has 0 atom stereocenters. The van der Waals surface area contributed by atoms with Crippen molar-refractivity contribution in [3.63, 3.8) is 0 Å². The molecule has 0 saturated heterocycles. The lowest BCUT2D eigenvalue weighted by Crippen LogP contribution is -3.00. The third kappa shape index (κ3) is 4.96. The summed E-state index contributed by atoms with van der Waals surface area (Å²) in [6, 6.07) is 10.5. The first kappa shape index (κ1) is 19.5. The summed E-state index contributed by atoms with van der Waals surface area (Å²) in [4.78, 5) is 0. The van der Waals surface area contributed by atoms with Crippen LogP contribution >= 0.6 is 0 Å². The van der Waals surface area contributed by atoms with Crippen molar-refractivity contribution in [2.75, 3.05) is 19.0 Å². The van der Waals surface area contributed by atoms with Crippen molar-refractivity contribution in [3.05, 3.63) is 30.0 Å². The molecule has 4 nitrogen and oxygen atoms in total. The van der Waals surface area contributed by atoms with E-state index in [9.17, 15) is 0 Å². The fourth-order valence-electron chi connectivity index (χ4n) is 2.60.